The Morgan fingerprint density at radius 1 is 1.26 bits per heavy atom. The highest BCUT2D eigenvalue weighted by atomic mass is 35.5. The molecule has 2 rings (SSSR count). The number of alkyl carbamates (subject to hydrolysis) is 1. The highest BCUT2D eigenvalue weighted by Crippen LogP contribution is 2.16. The average molecular weight is 332 g/mol. The van der Waals surface area contributed by atoms with Gasteiger partial charge in [0.05, 0.1) is 11.4 Å². The van der Waals surface area contributed by atoms with Crippen LogP contribution in [-0.4, -0.2) is 17.6 Å². The zero-order chi connectivity index (χ0) is 16.5. The number of hydrogen-bond donors (Lipinski definition) is 2. The number of anilines is 1. The lowest BCUT2D eigenvalue weighted by molar-refractivity contribution is 0.140. The Morgan fingerprint density at radius 3 is 2.78 bits per heavy atom. The highest BCUT2D eigenvalue weighted by molar-refractivity contribution is 6.31. The minimum Gasteiger partial charge on any atom is -0.445 e. The summed E-state index contributed by atoms with van der Waals surface area (Å²) in [5, 5.41) is 2.97. The molecule has 0 spiro atoms. The number of nitrogen functional groups attached to an aromatic ring is 1. The molecule has 0 unspecified atom stereocenters. The Bertz CT molecular complexity index is 675. The number of halogens is 1. The molecule has 0 fully saturated rings. The lowest BCUT2D eigenvalue weighted by Gasteiger charge is -2.05. The Kier molecular flexibility index (Phi) is 6.44. The van der Waals surface area contributed by atoms with Gasteiger partial charge in [0.1, 0.15) is 6.61 Å². The number of hydrogen-bond acceptors (Lipinski definition) is 4. The molecule has 5 nitrogen and oxygen atoms in total. The van der Waals surface area contributed by atoms with Crippen LogP contribution in [0.25, 0.3) is 6.08 Å². The van der Waals surface area contributed by atoms with E-state index in [9.17, 15) is 4.79 Å². The van der Waals surface area contributed by atoms with E-state index in [0.29, 0.717) is 18.7 Å². The summed E-state index contributed by atoms with van der Waals surface area (Å²) in [4.78, 5) is 15.6. The van der Waals surface area contributed by atoms with Crippen LogP contribution in [-0.2, 0) is 11.3 Å². The van der Waals surface area contributed by atoms with Gasteiger partial charge in [-0.2, -0.15) is 0 Å². The van der Waals surface area contributed by atoms with Crippen molar-refractivity contribution in [3.63, 3.8) is 0 Å². The van der Waals surface area contributed by atoms with Crippen molar-refractivity contribution < 1.29 is 9.53 Å². The van der Waals surface area contributed by atoms with Gasteiger partial charge >= 0.3 is 6.09 Å². The molecule has 0 saturated carbocycles. The van der Waals surface area contributed by atoms with E-state index in [1.54, 1.807) is 12.1 Å². The van der Waals surface area contributed by atoms with Gasteiger partial charge in [-0.25, -0.2) is 9.78 Å². The number of nitrogens with two attached hydrogens (primary N) is 1. The van der Waals surface area contributed by atoms with Gasteiger partial charge in [-0.1, -0.05) is 48.0 Å². The molecule has 1 heterocycles. The molecule has 1 amide bonds. The summed E-state index contributed by atoms with van der Waals surface area (Å²) in [5.74, 6) is 0. The summed E-state index contributed by atoms with van der Waals surface area (Å²) in [6.45, 7) is 0.739. The fourth-order valence-electron chi connectivity index (χ4n) is 1.79. The van der Waals surface area contributed by atoms with Gasteiger partial charge in [0.15, 0.2) is 5.15 Å². The average Bonchev–Trinajstić information content (AvgIpc) is 2.57. The molecule has 3 N–H and O–H groups in total. The minimum absolute atomic E-state index is 0.260. The van der Waals surface area contributed by atoms with E-state index >= 15 is 0 Å². The molecule has 0 saturated heterocycles. The number of carbonyl (C=O) groups excluding carboxylic acids is 1. The fraction of sp³-hybridized carbons (Fsp3) is 0.176. The van der Waals surface area contributed by atoms with Crippen LogP contribution in [0, 0.1) is 0 Å². The zero-order valence-corrected chi connectivity index (χ0v) is 13.3. The Balaban J connectivity index is 1.65. The Hall–Kier alpha value is -2.53. The number of pyridine rings is 1. The van der Waals surface area contributed by atoms with Crippen LogP contribution < -0.4 is 11.1 Å². The third kappa shape index (κ3) is 6.00. The summed E-state index contributed by atoms with van der Waals surface area (Å²) in [7, 11) is 0. The van der Waals surface area contributed by atoms with Gasteiger partial charge in [0, 0.05) is 6.54 Å². The normalized spacial score (nSPS) is 10.7. The van der Waals surface area contributed by atoms with E-state index < -0.39 is 6.09 Å². The van der Waals surface area contributed by atoms with E-state index in [0.717, 1.165) is 11.3 Å². The summed E-state index contributed by atoms with van der Waals surface area (Å²) in [6.07, 6.45) is 3.94. The molecular formula is C17H18ClN3O2. The Labute approximate surface area is 140 Å². The van der Waals surface area contributed by atoms with Crippen molar-refractivity contribution >= 4 is 29.5 Å². The van der Waals surface area contributed by atoms with Crippen LogP contribution in [0.4, 0.5) is 10.5 Å². The number of rotatable bonds is 6. The van der Waals surface area contributed by atoms with Crippen LogP contribution in [0.2, 0.25) is 5.15 Å². The SMILES string of the molecule is Nc1ccc(C=CCCNC(=O)OCc2ccccc2)nc1Cl. The number of benzene rings is 1. The molecule has 0 atom stereocenters. The third-order valence-electron chi connectivity index (χ3n) is 2.98. The van der Waals surface area contributed by atoms with Crippen molar-refractivity contribution in [2.45, 2.75) is 13.0 Å². The molecule has 1 aromatic carbocycles. The maximum Gasteiger partial charge on any atom is 0.407 e. The fourth-order valence-corrected chi connectivity index (χ4v) is 1.95. The van der Waals surface area contributed by atoms with Crippen molar-refractivity contribution in [1.29, 1.82) is 0 Å². The molecule has 0 aliphatic carbocycles. The molecule has 23 heavy (non-hydrogen) atoms. The van der Waals surface area contributed by atoms with E-state index in [1.807, 2.05) is 42.5 Å². The van der Waals surface area contributed by atoms with Gasteiger partial charge < -0.3 is 15.8 Å². The predicted molar refractivity (Wildman–Crippen MR) is 91.9 cm³/mol. The van der Waals surface area contributed by atoms with Gasteiger partial charge in [-0.15, -0.1) is 0 Å². The number of aromatic nitrogens is 1. The van der Waals surface area contributed by atoms with Gasteiger partial charge in [0.2, 0.25) is 0 Å². The zero-order valence-electron chi connectivity index (χ0n) is 12.5. The minimum atomic E-state index is -0.434. The smallest absolute Gasteiger partial charge is 0.407 e. The molecule has 6 heteroatoms. The molecule has 1 aromatic heterocycles. The Morgan fingerprint density at radius 2 is 2.04 bits per heavy atom. The first-order chi connectivity index (χ1) is 11.1. The second-order valence-electron chi connectivity index (χ2n) is 4.80. The van der Waals surface area contributed by atoms with Crippen molar-refractivity contribution in [3.05, 3.63) is 65.0 Å². The second kappa shape index (κ2) is 8.80. The summed E-state index contributed by atoms with van der Waals surface area (Å²) >= 11 is 5.84. The van der Waals surface area contributed by atoms with Crippen molar-refractivity contribution in [1.82, 2.24) is 10.3 Å². The van der Waals surface area contributed by atoms with Crippen LogP contribution in [0.1, 0.15) is 17.7 Å². The molecular weight excluding hydrogens is 314 g/mol. The number of amides is 1. The first-order valence-electron chi connectivity index (χ1n) is 7.18. The van der Waals surface area contributed by atoms with Gasteiger partial charge in [0.25, 0.3) is 0 Å². The first kappa shape index (κ1) is 16.8. The van der Waals surface area contributed by atoms with Crippen molar-refractivity contribution in [2.75, 3.05) is 12.3 Å². The van der Waals surface area contributed by atoms with Crippen LogP contribution in [0.15, 0.2) is 48.5 Å². The molecule has 0 bridgehead atoms. The van der Waals surface area contributed by atoms with E-state index in [-0.39, 0.29) is 11.8 Å². The number of carbonyl (C=O) groups is 1. The molecule has 2 aromatic rings. The topological polar surface area (TPSA) is 77.2 Å². The van der Waals surface area contributed by atoms with Crippen LogP contribution >= 0.6 is 11.6 Å². The summed E-state index contributed by atoms with van der Waals surface area (Å²) in [5.41, 5.74) is 7.71. The van der Waals surface area contributed by atoms with Crippen molar-refractivity contribution in [2.24, 2.45) is 0 Å². The molecule has 0 aliphatic heterocycles. The predicted octanol–water partition coefficient (Wildman–Crippen LogP) is 3.65. The van der Waals surface area contributed by atoms with E-state index in [2.05, 4.69) is 10.3 Å². The van der Waals surface area contributed by atoms with Gasteiger partial charge in [-0.05, 0) is 30.2 Å². The van der Waals surface area contributed by atoms with Crippen LogP contribution in [0.3, 0.4) is 0 Å². The molecule has 0 radical (unpaired) electrons. The maximum absolute atomic E-state index is 11.5. The molecule has 0 aliphatic rings. The van der Waals surface area contributed by atoms with Gasteiger partial charge in [-0.3, -0.25) is 0 Å². The van der Waals surface area contributed by atoms with E-state index in [4.69, 9.17) is 22.1 Å². The standard InChI is InChI=1S/C17H18ClN3O2/c18-16-15(19)10-9-14(21-16)8-4-5-11-20-17(22)23-12-13-6-2-1-3-7-13/h1-4,6-10H,5,11-12,19H2,(H,20,22). The summed E-state index contributed by atoms with van der Waals surface area (Å²) < 4.78 is 5.10. The monoisotopic (exact) mass is 331 g/mol. The first-order valence-corrected chi connectivity index (χ1v) is 7.56. The highest BCUT2D eigenvalue weighted by Gasteiger charge is 2.01. The molecule has 120 valence electrons. The maximum atomic E-state index is 11.5. The lowest BCUT2D eigenvalue weighted by Crippen LogP contribution is -2.24. The summed E-state index contributed by atoms with van der Waals surface area (Å²) in [6, 6.07) is 13.0. The number of nitrogens with zero attached hydrogens (tertiary/aromatic N) is 1. The third-order valence-corrected chi connectivity index (χ3v) is 3.28. The number of nitrogens with one attached hydrogen (secondary N) is 1. The lowest BCUT2D eigenvalue weighted by atomic mass is 10.2. The largest absolute Gasteiger partial charge is 0.445 e. The number of ether oxygens (including phenoxy) is 1. The van der Waals surface area contributed by atoms with Crippen molar-refractivity contribution in [3.8, 4) is 0 Å². The van der Waals surface area contributed by atoms with Crippen LogP contribution in [0.5, 0.6) is 0 Å². The second-order valence-corrected chi connectivity index (χ2v) is 5.15. The quantitative estimate of drug-likeness (QED) is 0.625. The van der Waals surface area contributed by atoms with E-state index in [1.165, 1.54) is 0 Å².